The average molecular weight is 225 g/mol. The average Bonchev–Trinajstić information content (AvgIpc) is 2.61. The molecule has 1 heteroatoms. The van der Waals surface area contributed by atoms with Crippen LogP contribution in [0.3, 0.4) is 0 Å². The van der Waals surface area contributed by atoms with Crippen molar-refractivity contribution in [1.29, 1.82) is 0 Å². The molecule has 0 saturated heterocycles. The Balaban J connectivity index is 2.64. The Morgan fingerprint density at radius 2 is 1.50 bits per heavy atom. The monoisotopic (exact) mass is 225 g/mol. The summed E-state index contributed by atoms with van der Waals surface area (Å²) in [4.78, 5) is 0. The fraction of sp³-hybridized carbons (Fsp3) is 1.00. The fourth-order valence-electron chi connectivity index (χ4n) is 3.49. The molecule has 1 rings (SSSR count). The van der Waals surface area contributed by atoms with E-state index in [-0.39, 0.29) is 0 Å². The quantitative estimate of drug-likeness (QED) is 0.662. The lowest BCUT2D eigenvalue weighted by Gasteiger charge is -2.40. The number of hydrogen-bond acceptors (Lipinski definition) is 1. The summed E-state index contributed by atoms with van der Waals surface area (Å²) >= 11 is 0. The summed E-state index contributed by atoms with van der Waals surface area (Å²) < 4.78 is 0. The molecule has 0 aromatic rings. The van der Waals surface area contributed by atoms with E-state index >= 15 is 0 Å². The van der Waals surface area contributed by atoms with Gasteiger partial charge in [0.05, 0.1) is 0 Å². The topological polar surface area (TPSA) is 12.0 Å². The van der Waals surface area contributed by atoms with Crippen LogP contribution in [-0.4, -0.2) is 13.1 Å². The van der Waals surface area contributed by atoms with Gasteiger partial charge in [0, 0.05) is 6.54 Å². The molecule has 0 heterocycles. The van der Waals surface area contributed by atoms with Crippen LogP contribution in [0.2, 0.25) is 0 Å². The lowest BCUT2D eigenvalue weighted by atomic mass is 9.68. The van der Waals surface area contributed by atoms with Crippen LogP contribution in [0.5, 0.6) is 0 Å². The minimum atomic E-state index is 0.584. The number of hydrogen-bond donors (Lipinski definition) is 1. The maximum absolute atomic E-state index is 3.61. The molecule has 96 valence electrons. The van der Waals surface area contributed by atoms with Gasteiger partial charge in [0.1, 0.15) is 0 Å². The predicted octanol–water partition coefficient (Wildman–Crippen LogP) is 4.37. The first-order valence-corrected chi connectivity index (χ1v) is 7.49. The van der Waals surface area contributed by atoms with Crippen LogP contribution in [0.1, 0.15) is 72.1 Å². The largest absolute Gasteiger partial charge is 0.316 e. The molecule has 0 unspecified atom stereocenters. The second kappa shape index (κ2) is 7.32. The fourth-order valence-corrected chi connectivity index (χ4v) is 3.49. The van der Waals surface area contributed by atoms with Crippen LogP contribution >= 0.6 is 0 Å². The maximum atomic E-state index is 3.61. The summed E-state index contributed by atoms with van der Waals surface area (Å²) in [6.45, 7) is 9.37. The molecular formula is C15H31N. The Labute approximate surface area is 102 Å². The first kappa shape index (κ1) is 14.0. The molecule has 1 aliphatic rings. The van der Waals surface area contributed by atoms with Crippen LogP contribution in [0.15, 0.2) is 0 Å². The summed E-state index contributed by atoms with van der Waals surface area (Å²) in [5.41, 5.74) is 0.584. The van der Waals surface area contributed by atoms with Crippen molar-refractivity contribution in [2.75, 3.05) is 13.1 Å². The molecule has 1 saturated carbocycles. The zero-order valence-corrected chi connectivity index (χ0v) is 11.6. The van der Waals surface area contributed by atoms with E-state index in [0.29, 0.717) is 5.41 Å². The first-order valence-electron chi connectivity index (χ1n) is 7.49. The van der Waals surface area contributed by atoms with E-state index in [0.717, 1.165) is 12.5 Å². The summed E-state index contributed by atoms with van der Waals surface area (Å²) in [5, 5.41) is 3.61. The standard InChI is InChI=1S/C15H31N/c1-4-15(5-2,13-16-6-3)14-11-9-7-8-10-12-14/h14,16H,4-13H2,1-3H3. The van der Waals surface area contributed by atoms with E-state index < -0.39 is 0 Å². The molecule has 0 bridgehead atoms. The summed E-state index contributed by atoms with van der Waals surface area (Å²) in [7, 11) is 0. The minimum Gasteiger partial charge on any atom is -0.316 e. The highest BCUT2D eigenvalue weighted by Gasteiger charge is 2.34. The Bertz CT molecular complexity index is 164. The smallest absolute Gasteiger partial charge is 0.00101 e. The predicted molar refractivity (Wildman–Crippen MR) is 72.8 cm³/mol. The highest BCUT2D eigenvalue weighted by Crippen LogP contribution is 2.42. The minimum absolute atomic E-state index is 0.584. The van der Waals surface area contributed by atoms with Crippen molar-refractivity contribution in [2.45, 2.75) is 72.1 Å². The van der Waals surface area contributed by atoms with Gasteiger partial charge in [-0.1, -0.05) is 46.5 Å². The second-order valence-corrected chi connectivity index (χ2v) is 5.54. The van der Waals surface area contributed by atoms with E-state index in [4.69, 9.17) is 0 Å². The molecular weight excluding hydrogens is 194 g/mol. The highest BCUT2D eigenvalue weighted by molar-refractivity contribution is 4.87. The molecule has 0 atom stereocenters. The lowest BCUT2D eigenvalue weighted by molar-refractivity contribution is 0.123. The van der Waals surface area contributed by atoms with Crippen molar-refractivity contribution >= 4 is 0 Å². The molecule has 0 radical (unpaired) electrons. The van der Waals surface area contributed by atoms with Crippen molar-refractivity contribution in [3.63, 3.8) is 0 Å². The molecule has 0 aromatic carbocycles. The van der Waals surface area contributed by atoms with Crippen LogP contribution < -0.4 is 5.32 Å². The van der Waals surface area contributed by atoms with Gasteiger partial charge in [-0.25, -0.2) is 0 Å². The Morgan fingerprint density at radius 3 is 1.94 bits per heavy atom. The van der Waals surface area contributed by atoms with E-state index in [1.165, 1.54) is 57.9 Å². The normalized spacial score (nSPS) is 19.7. The summed E-state index contributed by atoms with van der Waals surface area (Å²) in [5.74, 6) is 0.976. The molecule has 0 amide bonds. The molecule has 1 N–H and O–H groups in total. The van der Waals surface area contributed by atoms with Crippen molar-refractivity contribution in [3.05, 3.63) is 0 Å². The molecule has 1 nitrogen and oxygen atoms in total. The Kier molecular flexibility index (Phi) is 6.41. The highest BCUT2D eigenvalue weighted by atomic mass is 14.9. The van der Waals surface area contributed by atoms with Crippen molar-refractivity contribution in [1.82, 2.24) is 5.32 Å². The van der Waals surface area contributed by atoms with Crippen molar-refractivity contribution in [2.24, 2.45) is 11.3 Å². The SMILES string of the molecule is CCNCC(CC)(CC)C1CCCCCC1. The lowest BCUT2D eigenvalue weighted by Crippen LogP contribution is -2.39. The summed E-state index contributed by atoms with van der Waals surface area (Å²) in [6, 6.07) is 0. The van der Waals surface area contributed by atoms with Crippen LogP contribution in [0.4, 0.5) is 0 Å². The Hall–Kier alpha value is -0.0400. The first-order chi connectivity index (χ1) is 7.79. The van der Waals surface area contributed by atoms with E-state index in [1.54, 1.807) is 0 Å². The van der Waals surface area contributed by atoms with Gasteiger partial charge in [-0.05, 0) is 43.6 Å². The van der Waals surface area contributed by atoms with Crippen LogP contribution in [-0.2, 0) is 0 Å². The van der Waals surface area contributed by atoms with E-state index in [9.17, 15) is 0 Å². The second-order valence-electron chi connectivity index (χ2n) is 5.54. The van der Waals surface area contributed by atoms with E-state index in [2.05, 4.69) is 26.1 Å². The van der Waals surface area contributed by atoms with Gasteiger partial charge < -0.3 is 5.32 Å². The van der Waals surface area contributed by atoms with Crippen molar-refractivity contribution < 1.29 is 0 Å². The molecule has 0 aliphatic heterocycles. The molecule has 0 aromatic heterocycles. The van der Waals surface area contributed by atoms with E-state index in [1.807, 2.05) is 0 Å². The van der Waals surface area contributed by atoms with Gasteiger partial charge in [0.2, 0.25) is 0 Å². The van der Waals surface area contributed by atoms with Crippen LogP contribution in [0, 0.1) is 11.3 Å². The Morgan fingerprint density at radius 1 is 0.938 bits per heavy atom. The van der Waals surface area contributed by atoms with Gasteiger partial charge in [-0.2, -0.15) is 0 Å². The summed E-state index contributed by atoms with van der Waals surface area (Å²) in [6.07, 6.45) is 11.5. The number of rotatable bonds is 6. The zero-order valence-electron chi connectivity index (χ0n) is 11.6. The van der Waals surface area contributed by atoms with Crippen molar-refractivity contribution in [3.8, 4) is 0 Å². The third kappa shape index (κ3) is 3.48. The van der Waals surface area contributed by atoms with Gasteiger partial charge >= 0.3 is 0 Å². The molecule has 1 fully saturated rings. The molecule has 1 aliphatic carbocycles. The van der Waals surface area contributed by atoms with Gasteiger partial charge in [-0.3, -0.25) is 0 Å². The van der Waals surface area contributed by atoms with Crippen LogP contribution in [0.25, 0.3) is 0 Å². The van der Waals surface area contributed by atoms with Gasteiger partial charge in [0.15, 0.2) is 0 Å². The molecule has 16 heavy (non-hydrogen) atoms. The maximum Gasteiger partial charge on any atom is 0.00101 e. The van der Waals surface area contributed by atoms with Gasteiger partial charge in [-0.15, -0.1) is 0 Å². The number of nitrogens with one attached hydrogen (secondary N) is 1. The third-order valence-corrected chi connectivity index (χ3v) is 4.86. The third-order valence-electron chi connectivity index (χ3n) is 4.86. The zero-order chi connectivity index (χ0) is 11.9. The molecule has 0 spiro atoms. The van der Waals surface area contributed by atoms with Gasteiger partial charge in [0.25, 0.3) is 0 Å².